The van der Waals surface area contributed by atoms with Crippen LogP contribution in [0.25, 0.3) is 0 Å². The summed E-state index contributed by atoms with van der Waals surface area (Å²) in [5, 5.41) is 12.6. The number of allylic oxidation sites excluding steroid dienone is 1. The molecule has 1 saturated carbocycles. The summed E-state index contributed by atoms with van der Waals surface area (Å²) in [6.45, 7) is 5.07. The highest BCUT2D eigenvalue weighted by Crippen LogP contribution is 2.51. The second-order valence-corrected chi connectivity index (χ2v) is 5.78. The van der Waals surface area contributed by atoms with Crippen LogP contribution in [-0.4, -0.2) is 12.3 Å². The molecular weight excluding hydrogens is 248 g/mol. The predicted molar refractivity (Wildman–Crippen MR) is 76.7 cm³/mol. The van der Waals surface area contributed by atoms with E-state index in [1.807, 2.05) is 18.2 Å². The number of nitrogens with zero attached hydrogens (tertiary/aromatic N) is 1. The van der Waals surface area contributed by atoms with E-state index in [0.29, 0.717) is 12.8 Å². The molecule has 3 unspecified atom stereocenters. The Hall–Kier alpha value is -2.08. The van der Waals surface area contributed by atoms with E-state index in [-0.39, 0.29) is 17.1 Å². The Kier molecular flexibility index (Phi) is 3.10. The molecule has 0 spiro atoms. The zero-order valence-electron chi connectivity index (χ0n) is 11.4. The molecule has 1 aromatic rings. The van der Waals surface area contributed by atoms with Gasteiger partial charge in [-0.2, -0.15) is 5.26 Å². The number of hydrogen-bond acceptors (Lipinski definition) is 3. The molecule has 2 fully saturated rings. The first-order chi connectivity index (χ1) is 9.68. The van der Waals surface area contributed by atoms with Gasteiger partial charge in [-0.15, -0.1) is 0 Å². The number of rotatable bonds is 1. The Morgan fingerprint density at radius 3 is 2.80 bits per heavy atom. The van der Waals surface area contributed by atoms with Gasteiger partial charge in [0.15, 0.2) is 0 Å². The summed E-state index contributed by atoms with van der Waals surface area (Å²) in [5.74, 6) is -0.155. The van der Waals surface area contributed by atoms with Gasteiger partial charge in [0, 0.05) is 24.1 Å². The Morgan fingerprint density at radius 1 is 1.35 bits per heavy atom. The molecule has 3 rings (SSSR count). The zero-order chi connectivity index (χ0) is 14.2. The highest BCUT2D eigenvalue weighted by atomic mass is 16.1. The summed E-state index contributed by atoms with van der Waals surface area (Å²) in [5.41, 5.74) is 1.87. The van der Waals surface area contributed by atoms with Crippen molar-refractivity contribution in [3.63, 3.8) is 0 Å². The number of hydrogen-bond donors (Lipinski definition) is 1. The number of fused-ring (bicyclic) bond motifs is 1. The fourth-order valence-electron chi connectivity index (χ4n) is 3.82. The average molecular weight is 266 g/mol. The number of piperidine rings is 1. The molecule has 1 aliphatic heterocycles. The summed E-state index contributed by atoms with van der Waals surface area (Å²) in [6, 6.07) is 12.4. The van der Waals surface area contributed by atoms with Crippen LogP contribution in [-0.2, 0) is 10.2 Å². The van der Waals surface area contributed by atoms with E-state index < -0.39 is 5.92 Å². The Bertz CT molecular complexity index is 587. The number of benzene rings is 1. The first-order valence-corrected chi connectivity index (χ1v) is 7.09. The maximum atomic E-state index is 12.1. The molecule has 1 N–H and O–H groups in total. The van der Waals surface area contributed by atoms with Gasteiger partial charge in [0.2, 0.25) is 0 Å². The van der Waals surface area contributed by atoms with Crippen molar-refractivity contribution < 1.29 is 4.79 Å². The van der Waals surface area contributed by atoms with E-state index >= 15 is 0 Å². The number of carbonyl (C=O) groups is 1. The van der Waals surface area contributed by atoms with Crippen LogP contribution in [0.15, 0.2) is 42.6 Å². The lowest BCUT2D eigenvalue weighted by Crippen LogP contribution is -2.52. The van der Waals surface area contributed by atoms with Crippen LogP contribution in [0.5, 0.6) is 0 Å². The second kappa shape index (κ2) is 4.79. The molecule has 1 saturated heterocycles. The van der Waals surface area contributed by atoms with E-state index in [1.54, 1.807) is 0 Å². The molecule has 20 heavy (non-hydrogen) atoms. The maximum absolute atomic E-state index is 12.1. The Labute approximate surface area is 119 Å². The van der Waals surface area contributed by atoms with Gasteiger partial charge in [0.1, 0.15) is 11.7 Å². The van der Waals surface area contributed by atoms with Crippen LogP contribution in [0.2, 0.25) is 0 Å². The average Bonchev–Trinajstić information content (AvgIpc) is 2.48. The van der Waals surface area contributed by atoms with Gasteiger partial charge in [0.25, 0.3) is 0 Å². The summed E-state index contributed by atoms with van der Waals surface area (Å²) < 4.78 is 0. The first-order valence-electron chi connectivity index (χ1n) is 7.09. The third kappa shape index (κ3) is 1.76. The van der Waals surface area contributed by atoms with Gasteiger partial charge in [-0.05, 0) is 24.3 Å². The van der Waals surface area contributed by atoms with Gasteiger partial charge in [-0.25, -0.2) is 0 Å². The van der Waals surface area contributed by atoms with Crippen molar-refractivity contribution >= 4 is 5.78 Å². The van der Waals surface area contributed by atoms with Crippen molar-refractivity contribution in [1.82, 2.24) is 5.32 Å². The third-order valence-electron chi connectivity index (χ3n) is 4.87. The van der Waals surface area contributed by atoms with E-state index in [2.05, 4.69) is 30.1 Å². The largest absolute Gasteiger partial charge is 0.388 e. The van der Waals surface area contributed by atoms with Crippen molar-refractivity contribution in [1.29, 1.82) is 5.26 Å². The minimum absolute atomic E-state index is 0.0961. The van der Waals surface area contributed by atoms with Gasteiger partial charge in [-0.1, -0.05) is 36.9 Å². The summed E-state index contributed by atoms with van der Waals surface area (Å²) in [7, 11) is 0. The van der Waals surface area contributed by atoms with E-state index in [1.165, 1.54) is 5.56 Å². The quantitative estimate of drug-likeness (QED) is 0.850. The van der Waals surface area contributed by atoms with E-state index in [0.717, 1.165) is 18.7 Å². The standard InChI is InChI=1S/C17H18N2O/c1-12-17(14-5-3-2-4-6-14)10-13(11-18)16(20)9-15(17)7-8-19-12/h2-6,13,15,19H,1,7-10H2. The molecule has 0 bridgehead atoms. The molecule has 1 aliphatic carbocycles. The van der Waals surface area contributed by atoms with Crippen LogP contribution in [0.1, 0.15) is 24.8 Å². The van der Waals surface area contributed by atoms with Crippen LogP contribution in [0, 0.1) is 23.2 Å². The van der Waals surface area contributed by atoms with Gasteiger partial charge in [0.05, 0.1) is 6.07 Å². The summed E-state index contributed by atoms with van der Waals surface area (Å²) in [4.78, 5) is 12.1. The summed E-state index contributed by atoms with van der Waals surface area (Å²) >= 11 is 0. The Morgan fingerprint density at radius 2 is 2.10 bits per heavy atom. The SMILES string of the molecule is C=C1NCCC2CC(=O)C(C#N)CC12c1ccccc1. The van der Waals surface area contributed by atoms with Crippen LogP contribution in [0.4, 0.5) is 0 Å². The number of ketones is 1. The number of Topliss-reactive ketones (excluding diaryl/α,β-unsaturated/α-hetero) is 1. The van der Waals surface area contributed by atoms with E-state index in [4.69, 9.17) is 0 Å². The molecule has 2 aliphatic rings. The minimum Gasteiger partial charge on any atom is -0.388 e. The van der Waals surface area contributed by atoms with Gasteiger partial charge in [-0.3, -0.25) is 4.79 Å². The zero-order valence-corrected chi connectivity index (χ0v) is 11.4. The van der Waals surface area contributed by atoms with Crippen LogP contribution in [0.3, 0.4) is 0 Å². The van der Waals surface area contributed by atoms with Crippen molar-refractivity contribution in [2.45, 2.75) is 24.7 Å². The normalized spacial score (nSPS) is 33.0. The molecule has 1 aromatic carbocycles. The molecule has 102 valence electrons. The Balaban J connectivity index is 2.12. The van der Waals surface area contributed by atoms with Crippen molar-refractivity contribution in [3.05, 3.63) is 48.2 Å². The predicted octanol–water partition coefficient (Wildman–Crippen LogP) is 2.55. The molecule has 0 aromatic heterocycles. The number of carbonyl (C=O) groups excluding carboxylic acids is 1. The molecular formula is C17H18N2O. The van der Waals surface area contributed by atoms with Crippen LogP contribution < -0.4 is 5.32 Å². The first kappa shape index (κ1) is 12.9. The minimum atomic E-state index is -0.511. The number of nitrogens with one attached hydrogen (secondary N) is 1. The van der Waals surface area contributed by atoms with Gasteiger partial charge >= 0.3 is 0 Å². The number of nitriles is 1. The highest BCUT2D eigenvalue weighted by Gasteiger charge is 2.51. The molecule has 0 radical (unpaired) electrons. The molecule has 1 heterocycles. The lowest BCUT2D eigenvalue weighted by molar-refractivity contribution is -0.126. The third-order valence-corrected chi connectivity index (χ3v) is 4.87. The highest BCUT2D eigenvalue weighted by molar-refractivity contribution is 5.85. The molecule has 3 heteroatoms. The topological polar surface area (TPSA) is 52.9 Å². The lowest BCUT2D eigenvalue weighted by atomic mass is 9.56. The fraction of sp³-hybridized carbons (Fsp3) is 0.412. The van der Waals surface area contributed by atoms with E-state index in [9.17, 15) is 10.1 Å². The van der Waals surface area contributed by atoms with Crippen molar-refractivity contribution in [3.8, 4) is 6.07 Å². The van der Waals surface area contributed by atoms with Crippen molar-refractivity contribution in [2.24, 2.45) is 11.8 Å². The molecule has 0 amide bonds. The van der Waals surface area contributed by atoms with Gasteiger partial charge < -0.3 is 5.32 Å². The monoisotopic (exact) mass is 266 g/mol. The lowest BCUT2D eigenvalue weighted by Gasteiger charge is -2.50. The molecule has 3 atom stereocenters. The van der Waals surface area contributed by atoms with Crippen molar-refractivity contribution in [2.75, 3.05) is 6.54 Å². The smallest absolute Gasteiger partial charge is 0.150 e. The molecule has 3 nitrogen and oxygen atoms in total. The fourth-order valence-corrected chi connectivity index (χ4v) is 3.82. The summed E-state index contributed by atoms with van der Waals surface area (Å²) in [6.07, 6.45) is 2.01. The van der Waals surface area contributed by atoms with Crippen LogP contribution >= 0.6 is 0 Å². The second-order valence-electron chi connectivity index (χ2n) is 5.78. The maximum Gasteiger partial charge on any atom is 0.150 e.